The van der Waals surface area contributed by atoms with E-state index in [-0.39, 0.29) is 5.82 Å². The summed E-state index contributed by atoms with van der Waals surface area (Å²) >= 11 is 1.77. The Morgan fingerprint density at radius 1 is 1.26 bits per heavy atom. The summed E-state index contributed by atoms with van der Waals surface area (Å²) < 4.78 is 18.8. The van der Waals surface area contributed by atoms with Crippen LogP contribution in [0.3, 0.4) is 0 Å². The van der Waals surface area contributed by atoms with Crippen molar-refractivity contribution in [3.8, 4) is 5.75 Å². The molecule has 0 saturated heterocycles. The molecule has 0 bridgehead atoms. The maximum atomic E-state index is 13.3. The van der Waals surface area contributed by atoms with Crippen molar-refractivity contribution in [3.63, 3.8) is 0 Å². The van der Waals surface area contributed by atoms with Gasteiger partial charge in [-0.3, -0.25) is 0 Å². The van der Waals surface area contributed by atoms with Gasteiger partial charge in [0.15, 0.2) is 0 Å². The van der Waals surface area contributed by atoms with Gasteiger partial charge in [-0.25, -0.2) is 4.39 Å². The summed E-state index contributed by atoms with van der Waals surface area (Å²) in [5.74, 6) is 0.367. The molecule has 2 aromatic rings. The molecule has 0 radical (unpaired) electrons. The van der Waals surface area contributed by atoms with Crippen molar-refractivity contribution in [1.29, 1.82) is 0 Å². The number of benzene rings is 1. The van der Waals surface area contributed by atoms with Gasteiger partial charge >= 0.3 is 0 Å². The first-order valence-electron chi connectivity index (χ1n) is 6.38. The molecule has 0 aliphatic carbocycles. The molecule has 4 heteroatoms. The van der Waals surface area contributed by atoms with Gasteiger partial charge in [0, 0.05) is 24.0 Å². The van der Waals surface area contributed by atoms with E-state index in [1.165, 1.54) is 10.9 Å². The number of aryl methyl sites for hydroxylation is 1. The van der Waals surface area contributed by atoms with E-state index in [1.54, 1.807) is 30.4 Å². The monoisotopic (exact) mass is 279 g/mol. The van der Waals surface area contributed by atoms with E-state index in [2.05, 4.69) is 22.8 Å². The predicted molar refractivity (Wildman–Crippen MR) is 77.5 cm³/mol. The van der Waals surface area contributed by atoms with Crippen LogP contribution in [0.4, 0.5) is 4.39 Å². The van der Waals surface area contributed by atoms with Gasteiger partial charge in [0.2, 0.25) is 0 Å². The molecule has 1 N–H and O–H groups in total. The fourth-order valence-corrected chi connectivity index (χ4v) is 2.40. The molecule has 102 valence electrons. The van der Waals surface area contributed by atoms with Crippen molar-refractivity contribution in [2.45, 2.75) is 13.3 Å². The minimum Gasteiger partial charge on any atom is -0.492 e. The minimum absolute atomic E-state index is 0.219. The third-order valence-corrected chi connectivity index (χ3v) is 3.76. The normalized spacial score (nSPS) is 10.6. The van der Waals surface area contributed by atoms with E-state index in [9.17, 15) is 4.39 Å². The van der Waals surface area contributed by atoms with Crippen molar-refractivity contribution in [1.82, 2.24) is 5.32 Å². The largest absolute Gasteiger partial charge is 0.492 e. The highest BCUT2D eigenvalue weighted by molar-refractivity contribution is 7.09. The van der Waals surface area contributed by atoms with Gasteiger partial charge in [0.05, 0.1) is 0 Å². The molecule has 0 aliphatic heterocycles. The molecule has 19 heavy (non-hydrogen) atoms. The Balaban J connectivity index is 1.60. The molecule has 0 unspecified atom stereocenters. The van der Waals surface area contributed by atoms with Crippen molar-refractivity contribution >= 4 is 11.3 Å². The van der Waals surface area contributed by atoms with Crippen molar-refractivity contribution in [3.05, 3.63) is 52.0 Å². The number of thiophene rings is 1. The van der Waals surface area contributed by atoms with E-state index in [4.69, 9.17) is 4.74 Å². The van der Waals surface area contributed by atoms with Crippen LogP contribution in [0.1, 0.15) is 10.4 Å². The summed E-state index contributed by atoms with van der Waals surface area (Å²) in [4.78, 5) is 1.38. The van der Waals surface area contributed by atoms with Crippen LogP contribution in [-0.4, -0.2) is 19.7 Å². The lowest BCUT2D eigenvalue weighted by molar-refractivity contribution is 0.313. The molecule has 1 aromatic carbocycles. The zero-order valence-electron chi connectivity index (χ0n) is 11.0. The van der Waals surface area contributed by atoms with E-state index in [0.29, 0.717) is 17.9 Å². The molecular weight excluding hydrogens is 261 g/mol. The minimum atomic E-state index is -0.219. The summed E-state index contributed by atoms with van der Waals surface area (Å²) in [5, 5.41) is 5.40. The van der Waals surface area contributed by atoms with Crippen LogP contribution in [0.2, 0.25) is 0 Å². The second-order valence-electron chi connectivity index (χ2n) is 4.34. The van der Waals surface area contributed by atoms with Crippen LogP contribution in [0, 0.1) is 12.7 Å². The van der Waals surface area contributed by atoms with E-state index >= 15 is 0 Å². The van der Waals surface area contributed by atoms with Crippen LogP contribution < -0.4 is 10.1 Å². The second-order valence-corrected chi connectivity index (χ2v) is 5.37. The summed E-state index contributed by atoms with van der Waals surface area (Å²) in [6, 6.07) is 9.16. The van der Waals surface area contributed by atoms with Gasteiger partial charge in [0.25, 0.3) is 0 Å². The lowest BCUT2D eigenvalue weighted by atomic mass is 10.2. The summed E-state index contributed by atoms with van der Waals surface area (Å²) in [6.45, 7) is 3.99. The zero-order chi connectivity index (χ0) is 13.5. The van der Waals surface area contributed by atoms with Crippen LogP contribution >= 0.6 is 11.3 Å². The molecule has 0 fully saturated rings. The van der Waals surface area contributed by atoms with Crippen molar-refractivity contribution in [2.75, 3.05) is 19.7 Å². The Morgan fingerprint density at radius 3 is 2.89 bits per heavy atom. The molecule has 0 amide bonds. The maximum Gasteiger partial charge on any atom is 0.129 e. The third-order valence-electron chi connectivity index (χ3n) is 2.82. The number of rotatable bonds is 7. The SMILES string of the molecule is Cc1ccc(OCCNCCc2cccs2)cc1F. The van der Waals surface area contributed by atoms with E-state index < -0.39 is 0 Å². The van der Waals surface area contributed by atoms with Crippen LogP contribution in [-0.2, 0) is 6.42 Å². The first-order chi connectivity index (χ1) is 9.25. The first kappa shape index (κ1) is 14.0. The Hall–Kier alpha value is -1.39. The van der Waals surface area contributed by atoms with E-state index in [0.717, 1.165) is 19.5 Å². The summed E-state index contributed by atoms with van der Waals surface area (Å²) in [5.41, 5.74) is 0.640. The van der Waals surface area contributed by atoms with Gasteiger partial charge in [-0.05, 0) is 36.4 Å². The number of ether oxygens (including phenoxy) is 1. The van der Waals surface area contributed by atoms with Gasteiger partial charge in [0.1, 0.15) is 18.2 Å². The number of hydrogen-bond donors (Lipinski definition) is 1. The highest BCUT2D eigenvalue weighted by Gasteiger charge is 2.00. The molecule has 2 nitrogen and oxygen atoms in total. The topological polar surface area (TPSA) is 21.3 Å². The molecule has 0 saturated carbocycles. The highest BCUT2D eigenvalue weighted by atomic mass is 32.1. The number of nitrogens with one attached hydrogen (secondary N) is 1. The Morgan fingerprint density at radius 2 is 2.16 bits per heavy atom. The molecule has 1 aromatic heterocycles. The predicted octanol–water partition coefficient (Wildman–Crippen LogP) is 3.41. The standard InChI is InChI=1S/C15H18FNOS/c1-12-4-5-13(11-15(12)16)18-9-8-17-7-6-14-3-2-10-19-14/h2-5,10-11,17H,6-9H2,1H3. The van der Waals surface area contributed by atoms with E-state index in [1.807, 2.05) is 0 Å². The van der Waals surface area contributed by atoms with Crippen LogP contribution in [0.25, 0.3) is 0 Å². The van der Waals surface area contributed by atoms with Gasteiger partial charge in [-0.1, -0.05) is 12.1 Å². The lowest BCUT2D eigenvalue weighted by Crippen LogP contribution is -2.23. The molecule has 0 spiro atoms. The summed E-state index contributed by atoms with van der Waals surface area (Å²) in [6.07, 6.45) is 1.04. The second kappa shape index (κ2) is 7.26. The van der Waals surface area contributed by atoms with Gasteiger partial charge in [-0.15, -0.1) is 11.3 Å². The Labute approximate surface area is 117 Å². The van der Waals surface area contributed by atoms with Crippen LogP contribution in [0.15, 0.2) is 35.7 Å². The molecular formula is C15H18FNOS. The smallest absolute Gasteiger partial charge is 0.129 e. The quantitative estimate of drug-likeness (QED) is 0.784. The third kappa shape index (κ3) is 4.65. The average Bonchev–Trinajstić information content (AvgIpc) is 2.91. The van der Waals surface area contributed by atoms with Gasteiger partial charge < -0.3 is 10.1 Å². The molecule has 0 atom stereocenters. The van der Waals surface area contributed by atoms with Crippen molar-refractivity contribution in [2.24, 2.45) is 0 Å². The average molecular weight is 279 g/mol. The number of hydrogen-bond acceptors (Lipinski definition) is 3. The fourth-order valence-electron chi connectivity index (χ4n) is 1.70. The maximum absolute atomic E-state index is 13.3. The molecule has 0 aliphatic rings. The highest BCUT2D eigenvalue weighted by Crippen LogP contribution is 2.15. The van der Waals surface area contributed by atoms with Gasteiger partial charge in [-0.2, -0.15) is 0 Å². The Bertz CT molecular complexity index is 499. The lowest BCUT2D eigenvalue weighted by Gasteiger charge is -2.08. The van der Waals surface area contributed by atoms with Crippen molar-refractivity contribution < 1.29 is 9.13 Å². The Kier molecular flexibility index (Phi) is 5.36. The first-order valence-corrected chi connectivity index (χ1v) is 7.26. The number of halogens is 1. The van der Waals surface area contributed by atoms with Crippen LogP contribution in [0.5, 0.6) is 5.75 Å². The molecule has 1 heterocycles. The zero-order valence-corrected chi connectivity index (χ0v) is 11.8. The molecule has 2 rings (SSSR count). The summed E-state index contributed by atoms with van der Waals surface area (Å²) in [7, 11) is 0. The fraction of sp³-hybridized carbons (Fsp3) is 0.333.